The quantitative estimate of drug-likeness (QED) is 0.617. The van der Waals surface area contributed by atoms with E-state index in [1.54, 1.807) is 7.05 Å². The summed E-state index contributed by atoms with van der Waals surface area (Å²) in [5.74, 6) is -0.341. The highest BCUT2D eigenvalue weighted by atomic mass is 16.2. The predicted molar refractivity (Wildman–Crippen MR) is 121 cm³/mol. The van der Waals surface area contributed by atoms with Crippen molar-refractivity contribution in [3.05, 3.63) is 64.3 Å². The number of aromatic nitrogens is 1. The summed E-state index contributed by atoms with van der Waals surface area (Å²) >= 11 is 0. The van der Waals surface area contributed by atoms with Crippen LogP contribution in [0.25, 0.3) is 10.9 Å². The summed E-state index contributed by atoms with van der Waals surface area (Å²) in [5, 5.41) is 4.10. The van der Waals surface area contributed by atoms with Gasteiger partial charge in [-0.3, -0.25) is 9.59 Å². The number of nitrogens with one attached hydrogen (secondary N) is 2. The molecule has 0 aliphatic heterocycles. The second-order valence-corrected chi connectivity index (χ2v) is 8.35. The molecule has 0 spiro atoms. The minimum Gasteiger partial charge on any atom is -0.358 e. The van der Waals surface area contributed by atoms with Gasteiger partial charge in [-0.15, -0.1) is 0 Å². The highest BCUT2D eigenvalue weighted by molar-refractivity contribution is 6.08. The van der Waals surface area contributed by atoms with Crippen LogP contribution in [0.1, 0.15) is 52.0 Å². The van der Waals surface area contributed by atoms with Crippen LogP contribution in [0.2, 0.25) is 0 Å². The number of hydrogen-bond donors (Lipinski definition) is 2. The van der Waals surface area contributed by atoms with Crippen LogP contribution in [0.4, 0.5) is 5.69 Å². The standard InChI is InChI=1S/C25H29N3O2/c1-16-9-7-10-17(2)23(16)27-22(29)15-28(3)25(30)20-13-8-12-19-18-11-5-4-6-14-21(18)26-24(19)20/h7-10,12-13,26H,4-6,11,14-15H2,1-3H3,(H,27,29). The first-order valence-electron chi connectivity index (χ1n) is 10.7. The maximum atomic E-state index is 13.2. The Morgan fingerprint density at radius 2 is 1.70 bits per heavy atom. The molecule has 4 rings (SSSR count). The molecule has 1 aliphatic carbocycles. The summed E-state index contributed by atoms with van der Waals surface area (Å²) in [4.78, 5) is 30.8. The van der Waals surface area contributed by atoms with E-state index in [1.165, 1.54) is 35.4 Å². The van der Waals surface area contributed by atoms with Crippen molar-refractivity contribution in [1.82, 2.24) is 9.88 Å². The minimum absolute atomic E-state index is 0.00339. The number of rotatable bonds is 4. The molecule has 0 fully saturated rings. The van der Waals surface area contributed by atoms with Crippen LogP contribution in [0.15, 0.2) is 36.4 Å². The number of nitrogens with zero attached hydrogens (tertiary/aromatic N) is 1. The number of benzene rings is 2. The molecule has 0 radical (unpaired) electrons. The van der Waals surface area contributed by atoms with Gasteiger partial charge in [-0.1, -0.05) is 36.8 Å². The van der Waals surface area contributed by atoms with E-state index in [2.05, 4.69) is 16.4 Å². The van der Waals surface area contributed by atoms with Crippen molar-refractivity contribution in [2.24, 2.45) is 0 Å². The van der Waals surface area contributed by atoms with Crippen LogP contribution in [-0.4, -0.2) is 35.3 Å². The molecule has 0 bridgehead atoms. The van der Waals surface area contributed by atoms with Crippen molar-refractivity contribution in [1.29, 1.82) is 0 Å². The van der Waals surface area contributed by atoms with Gasteiger partial charge < -0.3 is 15.2 Å². The number of anilines is 1. The van der Waals surface area contributed by atoms with E-state index in [0.29, 0.717) is 5.56 Å². The van der Waals surface area contributed by atoms with Gasteiger partial charge in [0.15, 0.2) is 0 Å². The van der Waals surface area contributed by atoms with Gasteiger partial charge in [0.25, 0.3) is 5.91 Å². The van der Waals surface area contributed by atoms with Crippen molar-refractivity contribution in [2.75, 3.05) is 18.9 Å². The van der Waals surface area contributed by atoms with Crippen LogP contribution < -0.4 is 5.32 Å². The van der Waals surface area contributed by atoms with Gasteiger partial charge in [0, 0.05) is 23.8 Å². The average Bonchev–Trinajstić information content (AvgIpc) is 2.91. The van der Waals surface area contributed by atoms with Crippen molar-refractivity contribution in [2.45, 2.75) is 46.0 Å². The number of aromatic amines is 1. The Morgan fingerprint density at radius 3 is 2.47 bits per heavy atom. The Hall–Kier alpha value is -3.08. The van der Waals surface area contributed by atoms with E-state index < -0.39 is 0 Å². The number of carbonyl (C=O) groups excluding carboxylic acids is 2. The summed E-state index contributed by atoms with van der Waals surface area (Å²) in [6, 6.07) is 11.8. The van der Waals surface area contributed by atoms with E-state index >= 15 is 0 Å². The second kappa shape index (κ2) is 8.34. The Bertz CT molecular complexity index is 1090. The largest absolute Gasteiger partial charge is 0.358 e. The summed E-state index contributed by atoms with van der Waals surface area (Å²) in [6.07, 6.45) is 5.71. The molecule has 2 aromatic carbocycles. The minimum atomic E-state index is -0.197. The van der Waals surface area contributed by atoms with Gasteiger partial charge >= 0.3 is 0 Å². The molecule has 30 heavy (non-hydrogen) atoms. The molecule has 1 aliphatic rings. The summed E-state index contributed by atoms with van der Waals surface area (Å²) in [6.45, 7) is 3.93. The van der Waals surface area contributed by atoms with E-state index in [9.17, 15) is 9.59 Å². The van der Waals surface area contributed by atoms with Crippen molar-refractivity contribution >= 4 is 28.4 Å². The number of likely N-dealkylation sites (N-methyl/N-ethyl adjacent to an activating group) is 1. The first-order chi connectivity index (χ1) is 14.5. The highest BCUT2D eigenvalue weighted by Gasteiger charge is 2.22. The Balaban J connectivity index is 1.54. The van der Waals surface area contributed by atoms with Crippen LogP contribution in [0.3, 0.4) is 0 Å². The molecule has 2 amide bonds. The highest BCUT2D eigenvalue weighted by Crippen LogP contribution is 2.30. The first kappa shape index (κ1) is 20.2. The number of hydrogen-bond acceptors (Lipinski definition) is 2. The zero-order valence-electron chi connectivity index (χ0n) is 18.0. The van der Waals surface area contributed by atoms with Crippen LogP contribution in [0, 0.1) is 13.8 Å². The van der Waals surface area contributed by atoms with Gasteiger partial charge in [-0.05, 0) is 62.3 Å². The summed E-state index contributed by atoms with van der Waals surface area (Å²) in [7, 11) is 1.68. The van der Waals surface area contributed by atoms with E-state index in [-0.39, 0.29) is 18.4 Å². The lowest BCUT2D eigenvalue weighted by molar-refractivity contribution is -0.116. The maximum Gasteiger partial charge on any atom is 0.256 e. The molecule has 3 aromatic rings. The third-order valence-corrected chi connectivity index (χ3v) is 6.09. The molecule has 1 aromatic heterocycles. The number of amides is 2. The lowest BCUT2D eigenvalue weighted by atomic mass is 10.0. The number of H-pyrrole nitrogens is 1. The fourth-order valence-corrected chi connectivity index (χ4v) is 4.47. The third-order valence-electron chi connectivity index (χ3n) is 6.09. The molecule has 0 atom stereocenters. The lowest BCUT2D eigenvalue weighted by Crippen LogP contribution is -2.35. The maximum absolute atomic E-state index is 13.2. The van der Waals surface area contributed by atoms with Gasteiger partial charge in [0.2, 0.25) is 5.91 Å². The molecule has 1 heterocycles. The first-order valence-corrected chi connectivity index (χ1v) is 10.7. The Kier molecular flexibility index (Phi) is 5.62. The van der Waals surface area contributed by atoms with Gasteiger partial charge in [-0.2, -0.15) is 0 Å². The number of aryl methyl sites for hydroxylation is 4. The molecule has 5 nitrogen and oxygen atoms in total. The molecule has 5 heteroatoms. The number of para-hydroxylation sites is 2. The number of carbonyl (C=O) groups is 2. The fourth-order valence-electron chi connectivity index (χ4n) is 4.47. The van der Waals surface area contributed by atoms with E-state index in [4.69, 9.17) is 0 Å². The molecule has 2 N–H and O–H groups in total. The predicted octanol–water partition coefficient (Wildman–Crippen LogP) is 4.76. The lowest BCUT2D eigenvalue weighted by Gasteiger charge is -2.18. The summed E-state index contributed by atoms with van der Waals surface area (Å²) < 4.78 is 0. The molecule has 0 unspecified atom stereocenters. The normalized spacial score (nSPS) is 13.6. The fraction of sp³-hybridized carbons (Fsp3) is 0.360. The zero-order chi connectivity index (χ0) is 21.3. The van der Waals surface area contributed by atoms with Crippen molar-refractivity contribution in [3.63, 3.8) is 0 Å². The van der Waals surface area contributed by atoms with E-state index in [0.717, 1.165) is 40.6 Å². The van der Waals surface area contributed by atoms with Crippen LogP contribution in [0.5, 0.6) is 0 Å². The smallest absolute Gasteiger partial charge is 0.256 e. The van der Waals surface area contributed by atoms with Gasteiger partial charge in [0.05, 0.1) is 17.6 Å². The van der Waals surface area contributed by atoms with Crippen molar-refractivity contribution in [3.8, 4) is 0 Å². The number of fused-ring (bicyclic) bond motifs is 3. The monoisotopic (exact) mass is 403 g/mol. The third kappa shape index (κ3) is 3.84. The Labute approximate surface area is 177 Å². The van der Waals surface area contributed by atoms with Crippen molar-refractivity contribution < 1.29 is 9.59 Å². The van der Waals surface area contributed by atoms with E-state index in [1.807, 2.05) is 44.2 Å². The molecular weight excluding hydrogens is 374 g/mol. The zero-order valence-corrected chi connectivity index (χ0v) is 18.0. The SMILES string of the molecule is Cc1cccc(C)c1NC(=O)CN(C)C(=O)c1cccc2c3c([nH]c12)CCCCC3. The summed E-state index contributed by atoms with van der Waals surface area (Å²) in [5.41, 5.74) is 6.98. The topological polar surface area (TPSA) is 65.2 Å². The molecule has 0 saturated heterocycles. The molecular formula is C25H29N3O2. The van der Waals surface area contributed by atoms with Crippen LogP contribution in [-0.2, 0) is 17.6 Å². The molecule has 156 valence electrons. The second-order valence-electron chi connectivity index (χ2n) is 8.35. The van der Waals surface area contributed by atoms with Gasteiger partial charge in [-0.25, -0.2) is 0 Å². The van der Waals surface area contributed by atoms with Gasteiger partial charge in [0.1, 0.15) is 0 Å². The average molecular weight is 404 g/mol. The van der Waals surface area contributed by atoms with Crippen LogP contribution >= 0.6 is 0 Å². The Morgan fingerprint density at radius 1 is 1.00 bits per heavy atom. The molecule has 0 saturated carbocycles.